The molecule has 3 aromatic carbocycles. The van der Waals surface area contributed by atoms with Crippen molar-refractivity contribution in [3.05, 3.63) is 101 Å². The molecule has 0 saturated heterocycles. The van der Waals surface area contributed by atoms with Crippen LogP contribution in [0.15, 0.2) is 89.1 Å². The second-order valence-corrected chi connectivity index (χ2v) is 10.4. The minimum Gasteiger partial charge on any atom is -0.321 e. The van der Waals surface area contributed by atoms with Gasteiger partial charge in [-0.05, 0) is 53.9 Å². The lowest BCUT2D eigenvalue weighted by molar-refractivity contribution is 0.102. The van der Waals surface area contributed by atoms with Gasteiger partial charge in [0.05, 0.1) is 5.69 Å². The van der Waals surface area contributed by atoms with Crippen molar-refractivity contribution in [1.82, 2.24) is 0 Å². The highest BCUT2D eigenvalue weighted by molar-refractivity contribution is 7.93. The molecule has 1 N–H and O–H groups in total. The van der Waals surface area contributed by atoms with Gasteiger partial charge in [-0.3, -0.25) is 9.10 Å². The summed E-state index contributed by atoms with van der Waals surface area (Å²) in [6.07, 6.45) is 0.808. The third-order valence-electron chi connectivity index (χ3n) is 5.44. The van der Waals surface area contributed by atoms with E-state index >= 15 is 0 Å². The molecule has 5 nitrogen and oxygen atoms in total. The van der Waals surface area contributed by atoms with Crippen molar-refractivity contribution in [2.75, 3.05) is 16.7 Å². The van der Waals surface area contributed by atoms with Gasteiger partial charge in [0, 0.05) is 23.7 Å². The lowest BCUT2D eigenvalue weighted by Crippen LogP contribution is -2.28. The van der Waals surface area contributed by atoms with E-state index in [0.29, 0.717) is 16.8 Å². The number of aryl methyl sites for hydroxylation is 1. The van der Waals surface area contributed by atoms with Gasteiger partial charge in [-0.25, -0.2) is 12.8 Å². The lowest BCUT2D eigenvalue weighted by atomic mass is 10.1. The zero-order chi connectivity index (χ0) is 24.3. The molecule has 4 rings (SSSR count). The van der Waals surface area contributed by atoms with E-state index in [9.17, 15) is 17.6 Å². The molecule has 1 heterocycles. The molecule has 0 spiro atoms. The number of nitrogens with one attached hydrogen (secondary N) is 1. The summed E-state index contributed by atoms with van der Waals surface area (Å²) in [5.41, 5.74) is 3.05. The summed E-state index contributed by atoms with van der Waals surface area (Å²) in [5, 5.41) is 4.51. The number of anilines is 2. The number of hydrogen-bond donors (Lipinski definition) is 1. The van der Waals surface area contributed by atoms with E-state index in [1.54, 1.807) is 23.6 Å². The summed E-state index contributed by atoms with van der Waals surface area (Å²) in [7, 11) is -2.77. The normalized spacial score (nSPS) is 11.3. The largest absolute Gasteiger partial charge is 0.321 e. The first-order chi connectivity index (χ1) is 16.3. The molecule has 0 aliphatic heterocycles. The Hall–Kier alpha value is -3.49. The first-order valence-corrected chi connectivity index (χ1v) is 12.9. The van der Waals surface area contributed by atoms with Crippen LogP contribution in [0.5, 0.6) is 0 Å². The molecule has 0 radical (unpaired) electrons. The second-order valence-electron chi connectivity index (χ2n) is 7.63. The van der Waals surface area contributed by atoms with Crippen molar-refractivity contribution in [3.63, 3.8) is 0 Å². The minimum absolute atomic E-state index is 0.0784. The lowest BCUT2D eigenvalue weighted by Gasteiger charge is -2.21. The van der Waals surface area contributed by atoms with Crippen LogP contribution in [0, 0.1) is 5.82 Å². The van der Waals surface area contributed by atoms with Crippen molar-refractivity contribution in [1.29, 1.82) is 0 Å². The van der Waals surface area contributed by atoms with Crippen LogP contribution >= 0.6 is 11.3 Å². The quantitative estimate of drug-likeness (QED) is 0.333. The highest BCUT2D eigenvalue weighted by Gasteiger charge is 2.32. The van der Waals surface area contributed by atoms with Gasteiger partial charge in [-0.2, -0.15) is 0 Å². The van der Waals surface area contributed by atoms with Crippen molar-refractivity contribution >= 4 is 38.6 Å². The Kier molecular flexibility index (Phi) is 6.81. The van der Waals surface area contributed by atoms with E-state index < -0.39 is 21.7 Å². The number of hydrogen-bond acceptors (Lipinski definition) is 4. The van der Waals surface area contributed by atoms with E-state index in [4.69, 9.17) is 0 Å². The van der Waals surface area contributed by atoms with Crippen LogP contribution < -0.4 is 9.62 Å². The van der Waals surface area contributed by atoms with Gasteiger partial charge < -0.3 is 5.32 Å². The Morgan fingerprint density at radius 2 is 1.71 bits per heavy atom. The molecule has 8 heteroatoms. The number of carbonyl (C=O) groups excluding carboxylic acids is 1. The Labute approximate surface area is 202 Å². The monoisotopic (exact) mass is 494 g/mol. The first kappa shape index (κ1) is 23.7. The Balaban J connectivity index is 1.81. The molecule has 0 aliphatic rings. The van der Waals surface area contributed by atoms with Crippen molar-refractivity contribution in [2.45, 2.75) is 18.2 Å². The van der Waals surface area contributed by atoms with Crippen LogP contribution in [0.1, 0.15) is 22.2 Å². The number of benzene rings is 3. The predicted octanol–water partition coefficient (Wildman–Crippen LogP) is 6.19. The number of rotatable bonds is 7. The molecule has 0 atom stereocenters. The van der Waals surface area contributed by atoms with Crippen LogP contribution in [-0.2, 0) is 16.4 Å². The minimum atomic E-state index is -4.16. The fourth-order valence-electron chi connectivity index (χ4n) is 3.56. The first-order valence-electron chi connectivity index (χ1n) is 10.6. The van der Waals surface area contributed by atoms with Gasteiger partial charge in [0.25, 0.3) is 15.9 Å². The highest BCUT2D eigenvalue weighted by Crippen LogP contribution is 2.38. The van der Waals surface area contributed by atoms with Gasteiger partial charge in [0.15, 0.2) is 0 Å². The van der Waals surface area contributed by atoms with Crippen molar-refractivity contribution in [3.8, 4) is 11.1 Å². The molecule has 34 heavy (non-hydrogen) atoms. The van der Waals surface area contributed by atoms with E-state index in [-0.39, 0.29) is 15.5 Å². The molecule has 1 aromatic heterocycles. The van der Waals surface area contributed by atoms with Gasteiger partial charge in [-0.15, -0.1) is 11.3 Å². The Morgan fingerprint density at radius 1 is 1.00 bits per heavy atom. The van der Waals surface area contributed by atoms with Crippen LogP contribution in [0.3, 0.4) is 0 Å². The molecule has 4 aromatic rings. The van der Waals surface area contributed by atoms with Crippen molar-refractivity contribution in [2.24, 2.45) is 0 Å². The Morgan fingerprint density at radius 3 is 2.38 bits per heavy atom. The number of thiophene rings is 1. The average molecular weight is 495 g/mol. The zero-order valence-electron chi connectivity index (χ0n) is 18.7. The van der Waals surface area contributed by atoms with Crippen LogP contribution in [-0.4, -0.2) is 21.4 Å². The van der Waals surface area contributed by atoms with Gasteiger partial charge in [0.1, 0.15) is 15.6 Å². The topological polar surface area (TPSA) is 66.5 Å². The SMILES string of the molecule is CCc1cccc(NC(=O)c2scc(-c3ccccc3)c2S(=O)(=O)N(C)c2ccc(F)cc2)c1. The maximum absolute atomic E-state index is 13.8. The number of halogens is 1. The summed E-state index contributed by atoms with van der Waals surface area (Å²) in [5.74, 6) is -0.976. The maximum atomic E-state index is 13.8. The smallest absolute Gasteiger partial charge is 0.267 e. The third-order valence-corrected chi connectivity index (χ3v) is 8.42. The summed E-state index contributed by atoms with van der Waals surface area (Å²) in [6.45, 7) is 2.02. The summed E-state index contributed by atoms with van der Waals surface area (Å²) in [4.78, 5) is 13.3. The predicted molar refractivity (Wildman–Crippen MR) is 136 cm³/mol. The average Bonchev–Trinajstić information content (AvgIpc) is 3.31. The highest BCUT2D eigenvalue weighted by atomic mass is 32.2. The molecule has 0 fully saturated rings. The van der Waals surface area contributed by atoms with Gasteiger partial charge in [-0.1, -0.05) is 49.4 Å². The van der Waals surface area contributed by atoms with E-state index in [2.05, 4.69) is 5.32 Å². The maximum Gasteiger partial charge on any atom is 0.267 e. The number of carbonyl (C=O) groups is 1. The third kappa shape index (κ3) is 4.73. The number of nitrogens with zero attached hydrogens (tertiary/aromatic N) is 1. The zero-order valence-corrected chi connectivity index (χ0v) is 20.3. The summed E-state index contributed by atoms with van der Waals surface area (Å²) >= 11 is 1.07. The number of sulfonamides is 1. The van der Waals surface area contributed by atoms with Gasteiger partial charge >= 0.3 is 0 Å². The van der Waals surface area contributed by atoms with Gasteiger partial charge in [0.2, 0.25) is 0 Å². The molecule has 0 bridgehead atoms. The van der Waals surface area contributed by atoms with Crippen LogP contribution in [0.25, 0.3) is 11.1 Å². The van der Waals surface area contributed by atoms with E-state index in [0.717, 1.165) is 27.6 Å². The fourth-order valence-corrected chi connectivity index (χ4v) is 6.41. The van der Waals surface area contributed by atoms with Crippen LogP contribution in [0.2, 0.25) is 0 Å². The molecule has 0 saturated carbocycles. The van der Waals surface area contributed by atoms with Crippen molar-refractivity contribution < 1.29 is 17.6 Å². The molecular weight excluding hydrogens is 471 g/mol. The van der Waals surface area contributed by atoms with Crippen LogP contribution in [0.4, 0.5) is 15.8 Å². The summed E-state index contributed by atoms with van der Waals surface area (Å²) in [6, 6.07) is 21.6. The van der Waals surface area contributed by atoms with E-state index in [1.165, 1.54) is 31.3 Å². The second kappa shape index (κ2) is 9.79. The molecule has 0 unspecified atom stereocenters. The number of amides is 1. The Bertz CT molecular complexity index is 1420. The summed E-state index contributed by atoms with van der Waals surface area (Å²) < 4.78 is 42.1. The fraction of sp³-hybridized carbons (Fsp3) is 0.115. The molecule has 174 valence electrons. The standard InChI is InChI=1S/C26H23FN2O3S2/c1-3-18-8-7-11-21(16-18)28-26(30)24-25(23(17-33-24)19-9-5-4-6-10-19)34(31,32)29(2)22-14-12-20(27)13-15-22/h4-17H,3H2,1-2H3,(H,28,30). The van der Waals surface area contributed by atoms with E-state index in [1.807, 2.05) is 43.3 Å². The molecular formula is C26H23FN2O3S2. The molecule has 0 aliphatic carbocycles. The molecule has 1 amide bonds.